The first-order valence-electron chi connectivity index (χ1n) is 9.40. The minimum atomic E-state index is -0.0504. The number of anilines is 1. The zero-order chi connectivity index (χ0) is 19.8. The lowest BCUT2D eigenvalue weighted by atomic mass is 10.3. The van der Waals surface area contributed by atoms with Crippen molar-refractivity contribution in [3.63, 3.8) is 0 Å². The average Bonchev–Trinajstić information content (AvgIpc) is 3.35. The van der Waals surface area contributed by atoms with E-state index < -0.39 is 0 Å². The summed E-state index contributed by atoms with van der Waals surface area (Å²) in [6, 6.07) is 11.3. The normalized spacial score (nSPS) is 11.9. The van der Waals surface area contributed by atoms with Crippen LogP contribution < -0.4 is 15.0 Å². The fourth-order valence-electron chi connectivity index (χ4n) is 2.86. The van der Waals surface area contributed by atoms with Gasteiger partial charge in [0.1, 0.15) is 5.75 Å². The van der Waals surface area contributed by atoms with Crippen molar-refractivity contribution >= 4 is 22.9 Å². The van der Waals surface area contributed by atoms with Crippen molar-refractivity contribution in [2.45, 2.75) is 26.8 Å². The molecule has 2 heterocycles. The molecule has 1 aromatic carbocycles. The minimum Gasteiger partial charge on any atom is -0.494 e. The number of thiophene rings is 1. The second kappa shape index (κ2) is 10.0. The number of hydrogen-bond donors (Lipinski definition) is 2. The molecular weight excluding hydrogens is 376 g/mol. The van der Waals surface area contributed by atoms with Crippen molar-refractivity contribution in [3.8, 4) is 16.5 Å². The van der Waals surface area contributed by atoms with E-state index >= 15 is 0 Å². The predicted octanol–water partition coefficient (Wildman–Crippen LogP) is 2.63. The van der Waals surface area contributed by atoms with Crippen molar-refractivity contribution in [1.29, 1.82) is 0 Å². The van der Waals surface area contributed by atoms with Crippen LogP contribution in [0.3, 0.4) is 0 Å². The third kappa shape index (κ3) is 5.64. The zero-order valence-electron chi connectivity index (χ0n) is 16.1. The van der Waals surface area contributed by atoms with E-state index in [2.05, 4.69) is 22.4 Å². The Morgan fingerprint density at radius 2 is 2.04 bits per heavy atom. The predicted molar refractivity (Wildman–Crippen MR) is 109 cm³/mol. The Balaban J connectivity index is 1.57. The average molecular weight is 402 g/mol. The van der Waals surface area contributed by atoms with E-state index in [1.54, 1.807) is 11.3 Å². The topological polar surface area (TPSA) is 81.7 Å². The number of amides is 1. The molecule has 1 unspecified atom stereocenters. The number of carbonyl (C=O) groups is 1. The molecule has 3 aromatic rings. The number of carbonyl (C=O) groups excluding carboxylic acids is 1. The molecule has 1 atom stereocenters. The summed E-state index contributed by atoms with van der Waals surface area (Å²) in [6.07, 6.45) is 0.956. The smallest absolute Gasteiger partial charge is 0.279 e. The number of nitrogens with one attached hydrogen (secondary N) is 2. The van der Waals surface area contributed by atoms with Crippen LogP contribution in [-0.4, -0.2) is 35.8 Å². The molecule has 1 amide bonds. The molecule has 7 nitrogen and oxygen atoms in total. The lowest BCUT2D eigenvalue weighted by Gasteiger charge is -2.16. The Bertz CT molecular complexity index is 862. The molecule has 0 saturated heterocycles. The van der Waals surface area contributed by atoms with E-state index in [0.717, 1.165) is 34.2 Å². The Labute approximate surface area is 168 Å². The SMILES string of the molecule is CCC[NH+](CC(=O)Nc1ccc(OCC)cc1)Cc1nnc(-c2cccs2)o1. The van der Waals surface area contributed by atoms with Gasteiger partial charge in [0.05, 0.1) is 18.0 Å². The molecule has 3 rings (SSSR count). The van der Waals surface area contributed by atoms with Crippen molar-refractivity contribution in [2.75, 3.05) is 25.0 Å². The van der Waals surface area contributed by atoms with Crippen LogP contribution in [0.4, 0.5) is 5.69 Å². The largest absolute Gasteiger partial charge is 0.494 e. The van der Waals surface area contributed by atoms with Crippen LogP contribution in [0, 0.1) is 0 Å². The van der Waals surface area contributed by atoms with Crippen molar-refractivity contribution < 1.29 is 18.8 Å². The highest BCUT2D eigenvalue weighted by molar-refractivity contribution is 7.13. The Morgan fingerprint density at radius 3 is 2.71 bits per heavy atom. The Morgan fingerprint density at radius 1 is 1.21 bits per heavy atom. The van der Waals surface area contributed by atoms with Gasteiger partial charge in [0.2, 0.25) is 0 Å². The van der Waals surface area contributed by atoms with Crippen LogP contribution >= 0.6 is 11.3 Å². The van der Waals surface area contributed by atoms with Gasteiger partial charge in [-0.05, 0) is 49.1 Å². The first-order valence-corrected chi connectivity index (χ1v) is 10.3. The second-order valence-corrected chi connectivity index (χ2v) is 7.29. The van der Waals surface area contributed by atoms with Gasteiger partial charge in [-0.2, -0.15) is 0 Å². The zero-order valence-corrected chi connectivity index (χ0v) is 16.9. The molecule has 0 bridgehead atoms. The molecule has 148 valence electrons. The molecular formula is C20H25N4O3S+. The number of hydrogen-bond acceptors (Lipinski definition) is 6. The molecule has 0 spiro atoms. The highest BCUT2D eigenvalue weighted by Gasteiger charge is 2.19. The van der Waals surface area contributed by atoms with Crippen LogP contribution in [0.2, 0.25) is 0 Å². The van der Waals surface area contributed by atoms with Gasteiger partial charge in [-0.25, -0.2) is 0 Å². The minimum absolute atomic E-state index is 0.0504. The van der Waals surface area contributed by atoms with E-state index in [0.29, 0.717) is 31.5 Å². The first kappa shape index (κ1) is 20.0. The van der Waals surface area contributed by atoms with E-state index in [9.17, 15) is 4.79 Å². The highest BCUT2D eigenvalue weighted by Crippen LogP contribution is 2.22. The summed E-state index contributed by atoms with van der Waals surface area (Å²) in [5, 5.41) is 13.2. The second-order valence-electron chi connectivity index (χ2n) is 6.34. The fourth-order valence-corrected chi connectivity index (χ4v) is 3.51. The first-order chi connectivity index (χ1) is 13.7. The number of ether oxygens (including phenoxy) is 1. The summed E-state index contributed by atoms with van der Waals surface area (Å²) in [5.74, 6) is 1.81. The van der Waals surface area contributed by atoms with Gasteiger partial charge in [0.15, 0.2) is 13.1 Å². The van der Waals surface area contributed by atoms with Crippen molar-refractivity contribution in [2.24, 2.45) is 0 Å². The summed E-state index contributed by atoms with van der Waals surface area (Å²) in [5.41, 5.74) is 0.752. The quantitative estimate of drug-likeness (QED) is 0.546. The molecule has 0 saturated carbocycles. The number of quaternary nitrogens is 1. The summed E-state index contributed by atoms with van der Waals surface area (Å²) >= 11 is 1.56. The van der Waals surface area contributed by atoms with Crippen LogP contribution in [-0.2, 0) is 11.3 Å². The fraction of sp³-hybridized carbons (Fsp3) is 0.350. The van der Waals surface area contributed by atoms with E-state index in [4.69, 9.17) is 9.15 Å². The van der Waals surface area contributed by atoms with E-state index in [1.807, 2.05) is 48.7 Å². The number of benzene rings is 1. The van der Waals surface area contributed by atoms with Crippen molar-refractivity contribution in [1.82, 2.24) is 10.2 Å². The molecule has 2 N–H and O–H groups in total. The maximum Gasteiger partial charge on any atom is 0.279 e. The number of aromatic nitrogens is 2. The van der Waals surface area contributed by atoms with Gasteiger partial charge in [-0.1, -0.05) is 13.0 Å². The summed E-state index contributed by atoms with van der Waals surface area (Å²) in [4.78, 5) is 14.5. The lowest BCUT2D eigenvalue weighted by Crippen LogP contribution is -3.11. The third-order valence-electron chi connectivity index (χ3n) is 4.06. The Kier molecular flexibility index (Phi) is 7.16. The molecule has 0 radical (unpaired) electrons. The molecule has 0 aliphatic carbocycles. The monoisotopic (exact) mass is 401 g/mol. The number of nitrogens with zero attached hydrogens (tertiary/aromatic N) is 2. The standard InChI is InChI=1S/C20H24N4O3S/c1-3-11-24(14-19-22-23-20(27-19)17-6-5-12-28-17)13-18(25)21-15-7-9-16(10-8-15)26-4-2/h5-10,12H,3-4,11,13-14H2,1-2H3,(H,21,25)/p+1. The maximum absolute atomic E-state index is 12.5. The van der Waals surface area contributed by atoms with Gasteiger partial charge in [0.25, 0.3) is 17.7 Å². The van der Waals surface area contributed by atoms with E-state index in [-0.39, 0.29) is 5.91 Å². The van der Waals surface area contributed by atoms with Crippen LogP contribution in [0.5, 0.6) is 5.75 Å². The molecule has 8 heteroatoms. The lowest BCUT2D eigenvalue weighted by molar-refractivity contribution is -0.907. The van der Waals surface area contributed by atoms with Crippen LogP contribution in [0.1, 0.15) is 26.2 Å². The number of rotatable bonds is 10. The molecule has 0 aliphatic heterocycles. The maximum atomic E-state index is 12.5. The third-order valence-corrected chi connectivity index (χ3v) is 4.92. The van der Waals surface area contributed by atoms with Gasteiger partial charge in [-0.15, -0.1) is 21.5 Å². The van der Waals surface area contributed by atoms with E-state index in [1.165, 1.54) is 0 Å². The van der Waals surface area contributed by atoms with Gasteiger partial charge >= 0.3 is 0 Å². The summed E-state index contributed by atoms with van der Waals surface area (Å²) in [7, 11) is 0. The van der Waals surface area contributed by atoms with Crippen molar-refractivity contribution in [3.05, 3.63) is 47.7 Å². The van der Waals surface area contributed by atoms with Crippen LogP contribution in [0.25, 0.3) is 10.8 Å². The highest BCUT2D eigenvalue weighted by atomic mass is 32.1. The summed E-state index contributed by atoms with van der Waals surface area (Å²) in [6.45, 7) is 6.34. The van der Waals surface area contributed by atoms with Crippen LogP contribution in [0.15, 0.2) is 46.2 Å². The summed E-state index contributed by atoms with van der Waals surface area (Å²) < 4.78 is 11.2. The molecule has 0 fully saturated rings. The van der Waals surface area contributed by atoms with Gasteiger partial charge in [-0.3, -0.25) is 4.79 Å². The Hall–Kier alpha value is -2.71. The molecule has 0 aliphatic rings. The molecule has 28 heavy (non-hydrogen) atoms. The van der Waals surface area contributed by atoms with Gasteiger partial charge < -0.3 is 19.4 Å². The van der Waals surface area contributed by atoms with Gasteiger partial charge in [0, 0.05) is 5.69 Å². The molecule has 2 aromatic heterocycles.